The summed E-state index contributed by atoms with van der Waals surface area (Å²) in [4.78, 5) is 9.25. The van der Waals surface area contributed by atoms with Crippen molar-refractivity contribution in [3.63, 3.8) is 0 Å². The summed E-state index contributed by atoms with van der Waals surface area (Å²) in [5, 5.41) is 10.2. The van der Waals surface area contributed by atoms with Crippen LogP contribution in [0.2, 0.25) is 0 Å². The first-order valence-corrected chi connectivity index (χ1v) is 6.98. The van der Waals surface area contributed by atoms with Crippen molar-refractivity contribution in [2.24, 2.45) is 0 Å². The number of halogens is 1. The third-order valence-electron chi connectivity index (χ3n) is 3.33. The van der Waals surface area contributed by atoms with Crippen LogP contribution in [0, 0.1) is 6.92 Å². The van der Waals surface area contributed by atoms with Crippen molar-refractivity contribution in [3.05, 3.63) is 39.9 Å². The highest BCUT2D eigenvalue weighted by Crippen LogP contribution is 2.33. The van der Waals surface area contributed by atoms with E-state index in [1.807, 2.05) is 31.2 Å². The molecule has 0 fully saturated rings. The molecule has 1 N–H and O–H groups in total. The van der Waals surface area contributed by atoms with E-state index in [9.17, 15) is 5.11 Å². The van der Waals surface area contributed by atoms with Crippen LogP contribution in [-0.2, 0) is 6.42 Å². The summed E-state index contributed by atoms with van der Waals surface area (Å²) < 4.78 is 0.856. The molecule has 2 aromatic carbocycles. The lowest BCUT2D eigenvalue weighted by Crippen LogP contribution is -1.94. The first kappa shape index (κ1) is 12.4. The molecule has 0 radical (unpaired) electrons. The Morgan fingerprint density at radius 2 is 1.95 bits per heavy atom. The molecule has 1 aromatic heterocycles. The molecule has 19 heavy (non-hydrogen) atoms. The summed E-state index contributed by atoms with van der Waals surface area (Å²) in [7, 11) is 0. The van der Waals surface area contributed by atoms with Gasteiger partial charge in [-0.1, -0.05) is 19.1 Å². The Kier molecular flexibility index (Phi) is 2.90. The SMILES string of the molecule is CCc1cccc2nc3c(Br)cc(C)c(O)c3nc12. The lowest BCUT2D eigenvalue weighted by atomic mass is 10.1. The standard InChI is InChI=1S/C15H13BrN2O/c1-3-9-5-4-6-11-12(9)18-14-13(17-11)10(16)7-8(2)15(14)19/h4-7,19H,3H2,1-2H3. The Bertz CT molecular complexity index is 799. The Morgan fingerprint density at radius 3 is 2.68 bits per heavy atom. The minimum atomic E-state index is 0.207. The summed E-state index contributed by atoms with van der Waals surface area (Å²) in [6, 6.07) is 7.85. The highest BCUT2D eigenvalue weighted by Gasteiger charge is 2.13. The van der Waals surface area contributed by atoms with Crippen LogP contribution >= 0.6 is 15.9 Å². The van der Waals surface area contributed by atoms with E-state index in [1.54, 1.807) is 0 Å². The third-order valence-corrected chi connectivity index (χ3v) is 3.93. The fourth-order valence-corrected chi connectivity index (χ4v) is 2.89. The van der Waals surface area contributed by atoms with E-state index in [1.165, 1.54) is 0 Å². The molecule has 0 amide bonds. The highest BCUT2D eigenvalue weighted by molar-refractivity contribution is 9.10. The third kappa shape index (κ3) is 1.87. The maximum atomic E-state index is 10.2. The number of aryl methyl sites for hydroxylation is 2. The summed E-state index contributed by atoms with van der Waals surface area (Å²) in [6.45, 7) is 3.95. The molecule has 0 spiro atoms. The molecule has 0 aliphatic rings. The van der Waals surface area contributed by atoms with E-state index in [2.05, 4.69) is 32.8 Å². The number of nitrogens with zero attached hydrogens (tertiary/aromatic N) is 2. The van der Waals surface area contributed by atoms with Crippen molar-refractivity contribution in [3.8, 4) is 5.75 Å². The van der Waals surface area contributed by atoms with Crippen molar-refractivity contribution >= 4 is 38.0 Å². The van der Waals surface area contributed by atoms with Crippen LogP contribution in [0.4, 0.5) is 0 Å². The molecule has 0 saturated heterocycles. The first-order chi connectivity index (χ1) is 9.11. The van der Waals surface area contributed by atoms with Gasteiger partial charge < -0.3 is 5.11 Å². The van der Waals surface area contributed by atoms with Crippen LogP contribution in [0.25, 0.3) is 22.1 Å². The number of benzene rings is 2. The number of rotatable bonds is 1. The lowest BCUT2D eigenvalue weighted by molar-refractivity contribution is 0.476. The van der Waals surface area contributed by atoms with Crippen LogP contribution in [-0.4, -0.2) is 15.1 Å². The van der Waals surface area contributed by atoms with Gasteiger partial charge in [0.2, 0.25) is 0 Å². The molecule has 4 heteroatoms. The molecule has 1 heterocycles. The highest BCUT2D eigenvalue weighted by atomic mass is 79.9. The summed E-state index contributed by atoms with van der Waals surface area (Å²) >= 11 is 3.49. The van der Waals surface area contributed by atoms with E-state index in [0.29, 0.717) is 11.0 Å². The summed E-state index contributed by atoms with van der Waals surface area (Å²) in [5.74, 6) is 0.207. The van der Waals surface area contributed by atoms with Gasteiger partial charge in [0.25, 0.3) is 0 Å². The molecule has 0 saturated carbocycles. The fourth-order valence-electron chi connectivity index (χ4n) is 2.27. The van der Waals surface area contributed by atoms with Crippen molar-refractivity contribution < 1.29 is 5.11 Å². The second-order valence-corrected chi connectivity index (χ2v) is 5.44. The Labute approximate surface area is 119 Å². The van der Waals surface area contributed by atoms with Gasteiger partial charge in [0.15, 0.2) is 0 Å². The topological polar surface area (TPSA) is 46.0 Å². The molecular formula is C15H13BrN2O. The van der Waals surface area contributed by atoms with Crippen molar-refractivity contribution in [2.75, 3.05) is 0 Å². The number of phenolic OH excluding ortho intramolecular Hbond substituents is 1. The Morgan fingerprint density at radius 1 is 1.16 bits per heavy atom. The zero-order valence-electron chi connectivity index (χ0n) is 10.7. The van der Waals surface area contributed by atoms with E-state index in [4.69, 9.17) is 0 Å². The van der Waals surface area contributed by atoms with E-state index >= 15 is 0 Å². The summed E-state index contributed by atoms with van der Waals surface area (Å²) in [6.07, 6.45) is 0.894. The van der Waals surface area contributed by atoms with Gasteiger partial charge in [-0.3, -0.25) is 0 Å². The normalized spacial score (nSPS) is 11.3. The molecule has 3 aromatic rings. The maximum absolute atomic E-state index is 10.2. The second kappa shape index (κ2) is 4.46. The molecule has 0 aliphatic carbocycles. The smallest absolute Gasteiger partial charge is 0.146 e. The lowest BCUT2D eigenvalue weighted by Gasteiger charge is -2.09. The van der Waals surface area contributed by atoms with Gasteiger partial charge in [0.1, 0.15) is 16.8 Å². The van der Waals surface area contributed by atoms with Crippen LogP contribution < -0.4 is 0 Å². The van der Waals surface area contributed by atoms with Crippen LogP contribution in [0.5, 0.6) is 5.75 Å². The zero-order chi connectivity index (χ0) is 13.6. The van der Waals surface area contributed by atoms with Crippen LogP contribution in [0.1, 0.15) is 18.1 Å². The number of fused-ring (bicyclic) bond motifs is 2. The number of phenols is 1. The van der Waals surface area contributed by atoms with E-state index < -0.39 is 0 Å². The Balaban J connectivity index is 2.52. The molecular weight excluding hydrogens is 304 g/mol. The van der Waals surface area contributed by atoms with E-state index in [-0.39, 0.29) is 5.75 Å². The van der Waals surface area contributed by atoms with Gasteiger partial charge in [-0.15, -0.1) is 0 Å². The summed E-state index contributed by atoms with van der Waals surface area (Å²) in [5.41, 5.74) is 4.91. The first-order valence-electron chi connectivity index (χ1n) is 6.19. The van der Waals surface area contributed by atoms with Crippen molar-refractivity contribution in [1.29, 1.82) is 0 Å². The van der Waals surface area contributed by atoms with Gasteiger partial charge in [-0.25, -0.2) is 9.97 Å². The minimum absolute atomic E-state index is 0.207. The predicted molar refractivity (Wildman–Crippen MR) is 80.5 cm³/mol. The molecule has 3 nitrogen and oxygen atoms in total. The second-order valence-electron chi connectivity index (χ2n) is 4.58. The predicted octanol–water partition coefficient (Wildman–Crippen LogP) is 4.12. The average molecular weight is 317 g/mol. The van der Waals surface area contributed by atoms with Gasteiger partial charge in [0.05, 0.1) is 11.0 Å². The van der Waals surface area contributed by atoms with E-state index in [0.717, 1.165) is 33.1 Å². The molecule has 0 bridgehead atoms. The number of aromatic hydroxyl groups is 1. The minimum Gasteiger partial charge on any atom is -0.505 e. The average Bonchev–Trinajstić information content (AvgIpc) is 2.42. The largest absolute Gasteiger partial charge is 0.505 e. The van der Waals surface area contributed by atoms with Gasteiger partial charge in [-0.05, 0) is 52.5 Å². The molecule has 0 atom stereocenters. The number of hydrogen-bond donors (Lipinski definition) is 1. The quantitative estimate of drug-likeness (QED) is 0.687. The van der Waals surface area contributed by atoms with Gasteiger partial charge >= 0.3 is 0 Å². The molecule has 0 unspecified atom stereocenters. The molecule has 3 rings (SSSR count). The number of aromatic nitrogens is 2. The maximum Gasteiger partial charge on any atom is 0.146 e. The van der Waals surface area contributed by atoms with Crippen LogP contribution in [0.3, 0.4) is 0 Å². The molecule has 0 aliphatic heterocycles. The van der Waals surface area contributed by atoms with Crippen LogP contribution in [0.15, 0.2) is 28.7 Å². The van der Waals surface area contributed by atoms with Gasteiger partial charge in [0, 0.05) is 4.47 Å². The number of hydrogen-bond acceptors (Lipinski definition) is 3. The van der Waals surface area contributed by atoms with Gasteiger partial charge in [-0.2, -0.15) is 0 Å². The monoisotopic (exact) mass is 316 g/mol. The van der Waals surface area contributed by atoms with Crippen molar-refractivity contribution in [2.45, 2.75) is 20.3 Å². The Hall–Kier alpha value is -1.68. The molecule has 96 valence electrons. The fraction of sp³-hybridized carbons (Fsp3) is 0.200. The van der Waals surface area contributed by atoms with Crippen molar-refractivity contribution in [1.82, 2.24) is 9.97 Å². The zero-order valence-corrected chi connectivity index (χ0v) is 12.3. The number of para-hydroxylation sites is 1.